The lowest BCUT2D eigenvalue weighted by molar-refractivity contribution is -0.0429. The third kappa shape index (κ3) is 2.08. The summed E-state index contributed by atoms with van der Waals surface area (Å²) in [6.45, 7) is 6.11. The van der Waals surface area contributed by atoms with E-state index in [1.165, 1.54) is 5.56 Å². The molecule has 2 N–H and O–H groups in total. The van der Waals surface area contributed by atoms with Crippen LogP contribution in [0.2, 0.25) is 0 Å². The Labute approximate surface area is 78.8 Å². The molecule has 0 aliphatic heterocycles. The normalized spacial score (nSPS) is 11.3. The van der Waals surface area contributed by atoms with Crippen LogP contribution >= 0.6 is 0 Å². The monoisotopic (exact) mass is 180 g/mol. The van der Waals surface area contributed by atoms with E-state index in [-0.39, 0.29) is 0 Å². The van der Waals surface area contributed by atoms with E-state index in [1.54, 1.807) is 6.07 Å². The van der Waals surface area contributed by atoms with Gasteiger partial charge in [-0.1, -0.05) is 32.0 Å². The zero-order chi connectivity index (χ0) is 10.0. The van der Waals surface area contributed by atoms with Crippen molar-refractivity contribution in [2.75, 3.05) is 0 Å². The SMILES string of the molecule is Cc1c(C(C)C)cccc1C(O)O. The molecule has 0 aliphatic rings. The minimum Gasteiger partial charge on any atom is -0.364 e. The van der Waals surface area contributed by atoms with Crippen LogP contribution in [0.5, 0.6) is 0 Å². The Morgan fingerprint density at radius 3 is 2.08 bits per heavy atom. The van der Waals surface area contributed by atoms with Gasteiger partial charge in [-0.15, -0.1) is 0 Å². The fraction of sp³-hybridized carbons (Fsp3) is 0.455. The van der Waals surface area contributed by atoms with E-state index >= 15 is 0 Å². The van der Waals surface area contributed by atoms with Crippen LogP contribution < -0.4 is 0 Å². The maximum atomic E-state index is 9.07. The van der Waals surface area contributed by atoms with Gasteiger partial charge in [-0.05, 0) is 24.0 Å². The van der Waals surface area contributed by atoms with Gasteiger partial charge in [0, 0.05) is 5.56 Å². The Kier molecular flexibility index (Phi) is 3.07. The molecule has 1 aromatic carbocycles. The number of rotatable bonds is 2. The lowest BCUT2D eigenvalue weighted by Gasteiger charge is -2.14. The number of hydrogen-bond acceptors (Lipinski definition) is 2. The highest BCUT2D eigenvalue weighted by Crippen LogP contribution is 2.24. The van der Waals surface area contributed by atoms with E-state index in [1.807, 2.05) is 19.1 Å². The molecule has 0 saturated heterocycles. The second-order valence-electron chi connectivity index (χ2n) is 3.59. The fourth-order valence-electron chi connectivity index (χ4n) is 1.58. The highest BCUT2D eigenvalue weighted by molar-refractivity contribution is 5.36. The summed E-state index contributed by atoms with van der Waals surface area (Å²) in [5.41, 5.74) is 2.75. The fourth-order valence-corrected chi connectivity index (χ4v) is 1.58. The number of aliphatic hydroxyl groups is 2. The van der Waals surface area contributed by atoms with Gasteiger partial charge in [0.15, 0.2) is 6.29 Å². The van der Waals surface area contributed by atoms with Gasteiger partial charge in [0.1, 0.15) is 0 Å². The molecular weight excluding hydrogens is 164 g/mol. The van der Waals surface area contributed by atoms with Crippen LogP contribution in [0.3, 0.4) is 0 Å². The average molecular weight is 180 g/mol. The number of hydrogen-bond donors (Lipinski definition) is 2. The molecule has 0 atom stereocenters. The Balaban J connectivity index is 3.18. The van der Waals surface area contributed by atoms with Gasteiger partial charge < -0.3 is 10.2 Å². The van der Waals surface area contributed by atoms with Crippen molar-refractivity contribution in [3.63, 3.8) is 0 Å². The van der Waals surface area contributed by atoms with Gasteiger partial charge >= 0.3 is 0 Å². The predicted molar refractivity (Wildman–Crippen MR) is 52.4 cm³/mol. The minimum atomic E-state index is -1.36. The molecule has 0 unspecified atom stereocenters. The highest BCUT2D eigenvalue weighted by Gasteiger charge is 2.10. The topological polar surface area (TPSA) is 40.5 Å². The smallest absolute Gasteiger partial charge is 0.178 e. The lowest BCUT2D eigenvalue weighted by atomic mass is 9.94. The van der Waals surface area contributed by atoms with E-state index in [9.17, 15) is 0 Å². The molecule has 13 heavy (non-hydrogen) atoms. The first-order valence-electron chi connectivity index (χ1n) is 4.49. The van der Waals surface area contributed by atoms with E-state index in [0.717, 1.165) is 5.56 Å². The molecule has 0 radical (unpaired) electrons. The van der Waals surface area contributed by atoms with Gasteiger partial charge in [0.25, 0.3) is 0 Å². The second kappa shape index (κ2) is 3.90. The van der Waals surface area contributed by atoms with Crippen LogP contribution in [-0.2, 0) is 0 Å². The van der Waals surface area contributed by atoms with Gasteiger partial charge in [-0.25, -0.2) is 0 Å². The molecule has 0 aromatic heterocycles. The predicted octanol–water partition coefficient (Wildman–Crippen LogP) is 2.10. The van der Waals surface area contributed by atoms with Gasteiger partial charge in [0.2, 0.25) is 0 Å². The maximum absolute atomic E-state index is 9.07. The molecule has 0 amide bonds. The van der Waals surface area contributed by atoms with Crippen molar-refractivity contribution in [1.29, 1.82) is 0 Å². The van der Waals surface area contributed by atoms with E-state index in [2.05, 4.69) is 13.8 Å². The first kappa shape index (κ1) is 10.2. The zero-order valence-corrected chi connectivity index (χ0v) is 8.28. The van der Waals surface area contributed by atoms with Crippen LogP contribution in [0.15, 0.2) is 18.2 Å². The second-order valence-corrected chi connectivity index (χ2v) is 3.59. The average Bonchev–Trinajstić information content (AvgIpc) is 2.03. The molecule has 1 rings (SSSR count). The van der Waals surface area contributed by atoms with E-state index in [0.29, 0.717) is 11.5 Å². The molecule has 2 heteroatoms. The Morgan fingerprint density at radius 1 is 1.08 bits per heavy atom. The summed E-state index contributed by atoms with van der Waals surface area (Å²) in [7, 11) is 0. The molecule has 72 valence electrons. The summed E-state index contributed by atoms with van der Waals surface area (Å²) in [4.78, 5) is 0. The molecule has 0 spiro atoms. The third-order valence-corrected chi connectivity index (χ3v) is 2.32. The standard InChI is InChI=1S/C11H16O2/c1-7(2)9-5-4-6-10(8(9)3)11(12)13/h4-7,11-13H,1-3H3. The molecule has 0 bridgehead atoms. The van der Waals surface area contributed by atoms with Crippen molar-refractivity contribution >= 4 is 0 Å². The van der Waals surface area contributed by atoms with Crippen molar-refractivity contribution in [3.05, 3.63) is 34.9 Å². The van der Waals surface area contributed by atoms with Crippen molar-refractivity contribution < 1.29 is 10.2 Å². The number of aliphatic hydroxyl groups excluding tert-OH is 1. The van der Waals surface area contributed by atoms with Crippen LogP contribution in [0.25, 0.3) is 0 Å². The van der Waals surface area contributed by atoms with E-state index in [4.69, 9.17) is 10.2 Å². The first-order valence-corrected chi connectivity index (χ1v) is 4.49. The first-order chi connectivity index (χ1) is 6.04. The molecule has 0 heterocycles. The maximum Gasteiger partial charge on any atom is 0.178 e. The van der Waals surface area contributed by atoms with Gasteiger partial charge in [-0.2, -0.15) is 0 Å². The van der Waals surface area contributed by atoms with Gasteiger partial charge in [-0.3, -0.25) is 0 Å². The molecule has 0 saturated carbocycles. The Bertz CT molecular complexity index is 264. The summed E-state index contributed by atoms with van der Waals surface area (Å²) in [6.07, 6.45) is -1.36. The molecular formula is C11H16O2. The van der Waals surface area contributed by atoms with Crippen molar-refractivity contribution in [1.82, 2.24) is 0 Å². The van der Waals surface area contributed by atoms with Crippen LogP contribution in [-0.4, -0.2) is 10.2 Å². The van der Waals surface area contributed by atoms with Crippen LogP contribution in [0.4, 0.5) is 0 Å². The quantitative estimate of drug-likeness (QED) is 0.684. The molecule has 0 aliphatic carbocycles. The van der Waals surface area contributed by atoms with Crippen molar-refractivity contribution in [2.24, 2.45) is 0 Å². The third-order valence-electron chi connectivity index (χ3n) is 2.32. The lowest BCUT2D eigenvalue weighted by Crippen LogP contribution is -2.02. The highest BCUT2D eigenvalue weighted by atomic mass is 16.5. The summed E-state index contributed by atoms with van der Waals surface area (Å²) in [6, 6.07) is 5.62. The van der Waals surface area contributed by atoms with Crippen LogP contribution in [0, 0.1) is 6.92 Å². The molecule has 0 fully saturated rings. The summed E-state index contributed by atoms with van der Waals surface area (Å²) in [5, 5.41) is 18.1. The molecule has 2 nitrogen and oxygen atoms in total. The Morgan fingerprint density at radius 2 is 1.62 bits per heavy atom. The Hall–Kier alpha value is -0.860. The van der Waals surface area contributed by atoms with Crippen molar-refractivity contribution in [2.45, 2.75) is 33.0 Å². The summed E-state index contributed by atoms with van der Waals surface area (Å²) >= 11 is 0. The van der Waals surface area contributed by atoms with Gasteiger partial charge in [0.05, 0.1) is 0 Å². The molecule has 1 aromatic rings. The number of benzene rings is 1. The largest absolute Gasteiger partial charge is 0.364 e. The summed E-state index contributed by atoms with van der Waals surface area (Å²) in [5.74, 6) is 0.415. The summed E-state index contributed by atoms with van der Waals surface area (Å²) < 4.78 is 0. The zero-order valence-electron chi connectivity index (χ0n) is 8.28. The van der Waals surface area contributed by atoms with Crippen LogP contribution in [0.1, 0.15) is 42.7 Å². The van der Waals surface area contributed by atoms with Crippen molar-refractivity contribution in [3.8, 4) is 0 Å². The van der Waals surface area contributed by atoms with E-state index < -0.39 is 6.29 Å². The minimum absolute atomic E-state index is 0.415.